The smallest absolute Gasteiger partial charge is 0.145 e. The van der Waals surface area contributed by atoms with Gasteiger partial charge in [-0.2, -0.15) is 0 Å². The number of benzene rings is 6. The first-order valence-corrected chi connectivity index (χ1v) is 15.2. The Balaban J connectivity index is 1.28. The van der Waals surface area contributed by atoms with Crippen molar-refractivity contribution in [3.8, 4) is 11.4 Å². The lowest BCUT2D eigenvalue weighted by atomic mass is 10.1. The zero-order chi connectivity index (χ0) is 29.7. The van der Waals surface area contributed by atoms with Crippen molar-refractivity contribution in [1.29, 1.82) is 0 Å². The Morgan fingerprint density at radius 2 is 0.889 bits per heavy atom. The van der Waals surface area contributed by atoms with Gasteiger partial charge in [0.2, 0.25) is 0 Å². The highest BCUT2D eigenvalue weighted by molar-refractivity contribution is 6.12. The lowest BCUT2D eigenvalue weighted by molar-refractivity contribution is 1.13. The minimum Gasteiger partial charge on any atom is -0.310 e. The molecule has 212 valence electrons. The summed E-state index contributed by atoms with van der Waals surface area (Å²) in [6, 6.07) is 58.2. The van der Waals surface area contributed by atoms with Crippen molar-refractivity contribution >= 4 is 60.8 Å². The Hall–Kier alpha value is -6.13. The van der Waals surface area contributed by atoms with Crippen LogP contribution >= 0.6 is 0 Å². The Labute approximate surface area is 260 Å². The first-order valence-electron chi connectivity index (χ1n) is 15.2. The first-order chi connectivity index (χ1) is 22.3. The Morgan fingerprint density at radius 3 is 1.58 bits per heavy atom. The maximum Gasteiger partial charge on any atom is 0.145 e. The van der Waals surface area contributed by atoms with Crippen molar-refractivity contribution in [2.75, 3.05) is 4.90 Å². The molecule has 0 spiro atoms. The van der Waals surface area contributed by atoms with Crippen molar-refractivity contribution in [2.45, 2.75) is 0 Å². The summed E-state index contributed by atoms with van der Waals surface area (Å²) in [7, 11) is 0. The average molecular weight is 577 g/mol. The second kappa shape index (κ2) is 10.2. The third kappa shape index (κ3) is 4.04. The molecule has 0 amide bonds. The van der Waals surface area contributed by atoms with Gasteiger partial charge in [0.05, 0.1) is 16.6 Å². The molecule has 0 saturated carbocycles. The lowest BCUT2D eigenvalue weighted by Crippen LogP contribution is -2.09. The van der Waals surface area contributed by atoms with Crippen LogP contribution in [0.5, 0.6) is 0 Å². The number of fused-ring (bicyclic) bond motifs is 6. The van der Waals surface area contributed by atoms with Crippen molar-refractivity contribution in [1.82, 2.24) is 14.1 Å². The highest BCUT2D eigenvalue weighted by atomic mass is 15.1. The quantitative estimate of drug-likeness (QED) is 0.204. The fourth-order valence-electron chi connectivity index (χ4n) is 6.79. The Morgan fingerprint density at radius 1 is 0.378 bits per heavy atom. The van der Waals surface area contributed by atoms with Crippen LogP contribution in [0.4, 0.5) is 17.1 Å². The maximum atomic E-state index is 4.82. The van der Waals surface area contributed by atoms with Crippen LogP contribution in [0, 0.1) is 0 Å². The van der Waals surface area contributed by atoms with Gasteiger partial charge in [-0.05, 0) is 91.0 Å². The molecule has 45 heavy (non-hydrogen) atoms. The molecule has 0 atom stereocenters. The number of hydrogen-bond acceptors (Lipinski definition) is 2. The second-order valence-electron chi connectivity index (χ2n) is 11.3. The summed E-state index contributed by atoms with van der Waals surface area (Å²) < 4.78 is 4.62. The van der Waals surface area contributed by atoms with Gasteiger partial charge in [-0.3, -0.25) is 4.57 Å². The monoisotopic (exact) mass is 576 g/mol. The van der Waals surface area contributed by atoms with E-state index >= 15 is 0 Å². The molecule has 9 rings (SSSR count). The molecule has 9 aromatic rings. The van der Waals surface area contributed by atoms with E-state index in [0.29, 0.717) is 0 Å². The molecule has 0 bridgehead atoms. The number of aromatic nitrogens is 3. The van der Waals surface area contributed by atoms with Gasteiger partial charge in [0.25, 0.3) is 0 Å². The topological polar surface area (TPSA) is 26.0 Å². The molecular weight excluding hydrogens is 548 g/mol. The van der Waals surface area contributed by atoms with Crippen molar-refractivity contribution in [2.24, 2.45) is 0 Å². The van der Waals surface area contributed by atoms with E-state index in [0.717, 1.165) is 45.0 Å². The first kappa shape index (κ1) is 25.4. The number of anilines is 3. The van der Waals surface area contributed by atoms with Crippen LogP contribution in [0.25, 0.3) is 55.1 Å². The molecule has 6 aromatic carbocycles. The lowest BCUT2D eigenvalue weighted by Gasteiger charge is -2.26. The van der Waals surface area contributed by atoms with Crippen LogP contribution in [-0.2, 0) is 0 Å². The summed E-state index contributed by atoms with van der Waals surface area (Å²) in [5.74, 6) is 0. The standard InChI is InChI=1S/C41H28N4/c1-4-13-29(14-5-1)43(32-22-24-39-36(27-32)34-19-10-11-21-38(34)44(39)30-15-6-2-7-16-30)33-23-25-40-37(28-33)35-20-12-26-42-41(35)45(40)31-17-8-3-9-18-31/h1-28H. The zero-order valence-corrected chi connectivity index (χ0v) is 24.5. The summed E-state index contributed by atoms with van der Waals surface area (Å²) >= 11 is 0. The maximum absolute atomic E-state index is 4.82. The van der Waals surface area contributed by atoms with Gasteiger partial charge in [-0.15, -0.1) is 0 Å². The third-order valence-corrected chi connectivity index (χ3v) is 8.73. The molecule has 0 fully saturated rings. The molecule has 3 heterocycles. The van der Waals surface area contributed by atoms with Gasteiger partial charge in [0, 0.05) is 56.2 Å². The molecule has 0 aliphatic rings. The number of pyridine rings is 1. The van der Waals surface area contributed by atoms with E-state index in [2.05, 4.69) is 172 Å². The molecule has 3 aromatic heterocycles. The fraction of sp³-hybridized carbons (Fsp3) is 0. The van der Waals surface area contributed by atoms with Crippen LogP contribution < -0.4 is 4.90 Å². The summed E-state index contributed by atoms with van der Waals surface area (Å²) in [4.78, 5) is 7.18. The predicted octanol–water partition coefficient (Wildman–Crippen LogP) is 10.7. The van der Waals surface area contributed by atoms with Crippen LogP contribution in [0.3, 0.4) is 0 Å². The number of para-hydroxylation sites is 4. The fourth-order valence-corrected chi connectivity index (χ4v) is 6.79. The largest absolute Gasteiger partial charge is 0.310 e. The minimum atomic E-state index is 0.956. The molecule has 4 nitrogen and oxygen atoms in total. The van der Waals surface area contributed by atoms with Gasteiger partial charge in [-0.1, -0.05) is 72.8 Å². The van der Waals surface area contributed by atoms with E-state index in [4.69, 9.17) is 4.98 Å². The molecule has 0 radical (unpaired) electrons. The van der Waals surface area contributed by atoms with Crippen LogP contribution in [-0.4, -0.2) is 14.1 Å². The van der Waals surface area contributed by atoms with E-state index in [1.807, 2.05) is 12.3 Å². The van der Waals surface area contributed by atoms with Gasteiger partial charge in [0.1, 0.15) is 5.65 Å². The van der Waals surface area contributed by atoms with Crippen molar-refractivity contribution in [3.05, 3.63) is 170 Å². The van der Waals surface area contributed by atoms with E-state index < -0.39 is 0 Å². The van der Waals surface area contributed by atoms with E-state index in [9.17, 15) is 0 Å². The molecule has 4 heteroatoms. The predicted molar refractivity (Wildman–Crippen MR) is 188 cm³/mol. The minimum absolute atomic E-state index is 0.956. The molecule has 0 aliphatic carbocycles. The summed E-state index contributed by atoms with van der Waals surface area (Å²) in [5.41, 5.74) is 10.0. The Kier molecular flexibility index (Phi) is 5.78. The molecule has 0 aliphatic heterocycles. The highest BCUT2D eigenvalue weighted by Gasteiger charge is 2.19. The Bertz CT molecular complexity index is 2320. The third-order valence-electron chi connectivity index (χ3n) is 8.73. The zero-order valence-electron chi connectivity index (χ0n) is 24.5. The summed E-state index contributed by atoms with van der Waals surface area (Å²) in [5, 5.41) is 4.76. The molecule has 0 saturated heterocycles. The van der Waals surface area contributed by atoms with Crippen molar-refractivity contribution < 1.29 is 0 Å². The van der Waals surface area contributed by atoms with Crippen LogP contribution in [0.2, 0.25) is 0 Å². The number of nitrogens with zero attached hydrogens (tertiary/aromatic N) is 4. The van der Waals surface area contributed by atoms with E-state index in [1.54, 1.807) is 0 Å². The highest BCUT2D eigenvalue weighted by Crippen LogP contribution is 2.41. The van der Waals surface area contributed by atoms with Crippen molar-refractivity contribution in [3.63, 3.8) is 0 Å². The summed E-state index contributed by atoms with van der Waals surface area (Å²) in [6.45, 7) is 0. The molecule has 0 N–H and O–H groups in total. The van der Waals surface area contributed by atoms with Gasteiger partial charge in [-0.25, -0.2) is 4.98 Å². The summed E-state index contributed by atoms with van der Waals surface area (Å²) in [6.07, 6.45) is 1.87. The number of rotatable bonds is 5. The molecule has 0 unspecified atom stereocenters. The van der Waals surface area contributed by atoms with Crippen LogP contribution in [0.1, 0.15) is 0 Å². The van der Waals surface area contributed by atoms with E-state index in [1.165, 1.54) is 27.2 Å². The van der Waals surface area contributed by atoms with Crippen LogP contribution in [0.15, 0.2) is 170 Å². The van der Waals surface area contributed by atoms with Gasteiger partial charge in [0.15, 0.2) is 0 Å². The number of hydrogen-bond donors (Lipinski definition) is 0. The molecular formula is C41H28N4. The normalized spacial score (nSPS) is 11.6. The van der Waals surface area contributed by atoms with Gasteiger partial charge < -0.3 is 9.47 Å². The SMILES string of the molecule is c1ccc(N(c2ccc3c(c2)c2ccccc2n3-c2ccccc2)c2ccc3c(c2)c2cccnc2n3-c2ccccc2)cc1. The van der Waals surface area contributed by atoms with Gasteiger partial charge >= 0.3 is 0 Å². The van der Waals surface area contributed by atoms with E-state index in [-0.39, 0.29) is 0 Å². The average Bonchev–Trinajstić information content (AvgIpc) is 3.62. The second-order valence-corrected chi connectivity index (χ2v) is 11.3.